The number of hydrogen-bond donors (Lipinski definition) is 0. The summed E-state index contributed by atoms with van der Waals surface area (Å²) in [5, 5.41) is 0.757. The molecule has 36 heavy (non-hydrogen) atoms. The van der Waals surface area contributed by atoms with E-state index in [0.717, 1.165) is 71.4 Å². The molecule has 0 radical (unpaired) electrons. The Bertz CT molecular complexity index is 1260. The molecule has 0 bridgehead atoms. The Kier molecular flexibility index (Phi) is 8.12. The van der Waals surface area contributed by atoms with Crippen LogP contribution in [0.5, 0.6) is 11.5 Å². The van der Waals surface area contributed by atoms with Crippen molar-refractivity contribution in [3.05, 3.63) is 77.3 Å². The van der Waals surface area contributed by atoms with E-state index in [2.05, 4.69) is 41.8 Å². The Morgan fingerprint density at radius 1 is 0.917 bits per heavy atom. The van der Waals surface area contributed by atoms with Crippen molar-refractivity contribution >= 4 is 22.6 Å². The van der Waals surface area contributed by atoms with Gasteiger partial charge in [-0.05, 0) is 79.3 Å². The lowest BCUT2D eigenvalue weighted by atomic mass is 10.1. The molecule has 0 amide bonds. The van der Waals surface area contributed by atoms with Crippen molar-refractivity contribution in [1.29, 1.82) is 0 Å². The number of rotatable bonds is 11. The van der Waals surface area contributed by atoms with Crippen molar-refractivity contribution in [1.82, 2.24) is 9.55 Å². The summed E-state index contributed by atoms with van der Waals surface area (Å²) in [5.41, 5.74) is 4.47. The predicted molar refractivity (Wildman–Crippen MR) is 148 cm³/mol. The molecule has 1 aliphatic rings. The fourth-order valence-corrected chi connectivity index (χ4v) is 5.11. The molecular formula is C31H35ClN2O2. The number of hydrogen-bond acceptors (Lipinski definition) is 3. The van der Waals surface area contributed by atoms with Crippen molar-refractivity contribution in [2.75, 3.05) is 13.2 Å². The van der Waals surface area contributed by atoms with Crippen molar-refractivity contribution in [3.8, 4) is 22.9 Å². The van der Waals surface area contributed by atoms with Gasteiger partial charge in [-0.3, -0.25) is 0 Å². The van der Waals surface area contributed by atoms with Gasteiger partial charge in [-0.25, -0.2) is 4.98 Å². The standard InChI is InChI=1S/C31H35ClN2O2/c1-2-3-19-34-30-21-28(36-22-24-6-4-5-7-24)16-17-29(30)33-31(34)25-10-14-27(15-11-25)35-20-18-23-8-12-26(32)13-9-23/h8-17,21,24H,2-7,18-20,22H2,1H3. The Hall–Kier alpha value is -2.98. The van der Waals surface area contributed by atoms with Crippen LogP contribution in [0, 0.1) is 5.92 Å². The minimum absolute atomic E-state index is 0.625. The van der Waals surface area contributed by atoms with Gasteiger partial charge in [0, 0.05) is 29.6 Å². The number of ether oxygens (including phenoxy) is 2. The lowest BCUT2D eigenvalue weighted by molar-refractivity contribution is 0.252. The molecule has 1 aliphatic carbocycles. The van der Waals surface area contributed by atoms with Crippen molar-refractivity contribution in [2.45, 2.75) is 58.4 Å². The van der Waals surface area contributed by atoms with Crippen LogP contribution in [0.1, 0.15) is 51.0 Å². The monoisotopic (exact) mass is 502 g/mol. The maximum Gasteiger partial charge on any atom is 0.141 e. The molecule has 1 heterocycles. The normalized spacial score (nSPS) is 13.9. The Morgan fingerprint density at radius 2 is 1.67 bits per heavy atom. The third-order valence-corrected chi connectivity index (χ3v) is 7.35. The molecule has 0 saturated heterocycles. The molecule has 5 heteroatoms. The number of aryl methyl sites for hydroxylation is 1. The van der Waals surface area contributed by atoms with Crippen LogP contribution in [0.15, 0.2) is 66.7 Å². The number of aromatic nitrogens is 2. The highest BCUT2D eigenvalue weighted by molar-refractivity contribution is 6.30. The van der Waals surface area contributed by atoms with E-state index in [4.69, 9.17) is 26.1 Å². The van der Waals surface area contributed by atoms with E-state index in [0.29, 0.717) is 12.5 Å². The summed E-state index contributed by atoms with van der Waals surface area (Å²) < 4.78 is 14.5. The topological polar surface area (TPSA) is 36.3 Å². The second kappa shape index (κ2) is 11.8. The van der Waals surface area contributed by atoms with Crippen molar-refractivity contribution in [3.63, 3.8) is 0 Å². The molecule has 5 rings (SSSR count). The highest BCUT2D eigenvalue weighted by atomic mass is 35.5. The third kappa shape index (κ3) is 6.04. The van der Waals surface area contributed by atoms with E-state index in [1.807, 2.05) is 36.4 Å². The van der Waals surface area contributed by atoms with Gasteiger partial charge >= 0.3 is 0 Å². The van der Waals surface area contributed by atoms with Gasteiger partial charge in [0.05, 0.1) is 24.2 Å². The average molecular weight is 503 g/mol. The van der Waals surface area contributed by atoms with Gasteiger partial charge in [-0.2, -0.15) is 0 Å². The minimum atomic E-state index is 0.625. The van der Waals surface area contributed by atoms with Gasteiger partial charge < -0.3 is 14.0 Å². The molecule has 0 aliphatic heterocycles. The Labute approximate surface area is 219 Å². The van der Waals surface area contributed by atoms with E-state index in [-0.39, 0.29) is 0 Å². The first-order chi connectivity index (χ1) is 17.7. The van der Waals surface area contributed by atoms with E-state index in [9.17, 15) is 0 Å². The smallest absolute Gasteiger partial charge is 0.141 e. The lowest BCUT2D eigenvalue weighted by Crippen LogP contribution is -2.08. The molecular weight excluding hydrogens is 468 g/mol. The van der Waals surface area contributed by atoms with Crippen LogP contribution in [0.2, 0.25) is 5.02 Å². The Balaban J connectivity index is 1.30. The van der Waals surface area contributed by atoms with Crippen LogP contribution in [0.4, 0.5) is 0 Å². The first kappa shape index (κ1) is 24.7. The third-order valence-electron chi connectivity index (χ3n) is 7.10. The summed E-state index contributed by atoms with van der Waals surface area (Å²) in [4.78, 5) is 5.01. The largest absolute Gasteiger partial charge is 0.493 e. The number of nitrogens with zero attached hydrogens (tertiary/aromatic N) is 2. The molecule has 1 aromatic heterocycles. The van der Waals surface area contributed by atoms with Crippen LogP contribution in [0.3, 0.4) is 0 Å². The van der Waals surface area contributed by atoms with Gasteiger partial charge in [0.2, 0.25) is 0 Å². The number of unbranched alkanes of at least 4 members (excludes halogenated alkanes) is 1. The highest BCUT2D eigenvalue weighted by Crippen LogP contribution is 2.31. The van der Waals surface area contributed by atoms with Gasteiger partial charge in [0.25, 0.3) is 0 Å². The van der Waals surface area contributed by atoms with Crippen LogP contribution in [-0.4, -0.2) is 22.8 Å². The second-order valence-electron chi connectivity index (χ2n) is 9.80. The van der Waals surface area contributed by atoms with Crippen LogP contribution >= 0.6 is 11.6 Å². The summed E-state index contributed by atoms with van der Waals surface area (Å²) in [5.74, 6) is 3.52. The van der Waals surface area contributed by atoms with E-state index < -0.39 is 0 Å². The summed E-state index contributed by atoms with van der Waals surface area (Å²) in [6, 6.07) is 22.6. The van der Waals surface area contributed by atoms with Gasteiger partial charge in [0.15, 0.2) is 0 Å². The van der Waals surface area contributed by atoms with Gasteiger partial charge in [-0.15, -0.1) is 0 Å². The second-order valence-corrected chi connectivity index (χ2v) is 10.2. The number of benzene rings is 3. The van der Waals surface area contributed by atoms with Crippen LogP contribution < -0.4 is 9.47 Å². The van der Waals surface area contributed by atoms with E-state index >= 15 is 0 Å². The van der Waals surface area contributed by atoms with Crippen LogP contribution in [0.25, 0.3) is 22.4 Å². The zero-order valence-electron chi connectivity index (χ0n) is 21.1. The highest BCUT2D eigenvalue weighted by Gasteiger charge is 2.17. The van der Waals surface area contributed by atoms with Gasteiger partial charge in [0.1, 0.15) is 17.3 Å². The zero-order valence-corrected chi connectivity index (χ0v) is 21.8. The maximum absolute atomic E-state index is 6.20. The van der Waals surface area contributed by atoms with E-state index in [1.165, 1.54) is 31.2 Å². The van der Waals surface area contributed by atoms with Crippen molar-refractivity contribution < 1.29 is 9.47 Å². The van der Waals surface area contributed by atoms with Gasteiger partial charge in [-0.1, -0.05) is 49.9 Å². The maximum atomic E-state index is 6.20. The fourth-order valence-electron chi connectivity index (χ4n) is 4.98. The van der Waals surface area contributed by atoms with Crippen molar-refractivity contribution in [2.24, 2.45) is 5.92 Å². The zero-order chi connectivity index (χ0) is 24.7. The molecule has 4 nitrogen and oxygen atoms in total. The molecule has 0 N–H and O–H groups in total. The number of fused-ring (bicyclic) bond motifs is 1. The molecule has 4 aromatic rings. The molecule has 0 atom stereocenters. The summed E-state index contributed by atoms with van der Waals surface area (Å²) in [6.45, 7) is 4.61. The van der Waals surface area contributed by atoms with Crippen LogP contribution in [-0.2, 0) is 13.0 Å². The Morgan fingerprint density at radius 3 is 2.42 bits per heavy atom. The number of halogens is 1. The quantitative estimate of drug-likeness (QED) is 0.207. The average Bonchev–Trinajstić information content (AvgIpc) is 3.55. The summed E-state index contributed by atoms with van der Waals surface area (Å²) in [7, 11) is 0. The molecule has 1 saturated carbocycles. The summed E-state index contributed by atoms with van der Waals surface area (Å²) >= 11 is 5.97. The molecule has 0 spiro atoms. The first-order valence-electron chi connectivity index (χ1n) is 13.3. The minimum Gasteiger partial charge on any atom is -0.493 e. The first-order valence-corrected chi connectivity index (χ1v) is 13.7. The predicted octanol–water partition coefficient (Wildman–Crippen LogP) is 8.35. The molecule has 3 aromatic carbocycles. The van der Waals surface area contributed by atoms with E-state index in [1.54, 1.807) is 0 Å². The molecule has 1 fully saturated rings. The molecule has 188 valence electrons. The lowest BCUT2D eigenvalue weighted by Gasteiger charge is -2.13. The molecule has 0 unspecified atom stereocenters. The number of imidazole rings is 1. The summed E-state index contributed by atoms with van der Waals surface area (Å²) in [6.07, 6.45) is 8.36. The fraction of sp³-hybridized carbons (Fsp3) is 0.387. The SMILES string of the molecule is CCCCn1c(-c2ccc(OCCc3ccc(Cl)cc3)cc2)nc2ccc(OCC3CCCC3)cc21.